The van der Waals surface area contributed by atoms with Gasteiger partial charge in [0, 0.05) is 5.69 Å². The molecule has 0 bridgehead atoms. The number of anilines is 1. The van der Waals surface area contributed by atoms with E-state index in [4.69, 9.17) is 5.73 Å². The first-order chi connectivity index (χ1) is 7.83. The van der Waals surface area contributed by atoms with Crippen molar-refractivity contribution in [3.05, 3.63) is 42.5 Å². The molecule has 4 heteroatoms. The van der Waals surface area contributed by atoms with Gasteiger partial charge in [0.25, 0.3) is 0 Å². The molecule has 0 amide bonds. The van der Waals surface area contributed by atoms with Crippen molar-refractivity contribution in [2.75, 3.05) is 5.73 Å². The summed E-state index contributed by atoms with van der Waals surface area (Å²) in [5.74, 6) is 0. The smallest absolute Gasteiger partial charge is 0.0795 e. The maximum Gasteiger partial charge on any atom is 0.0795 e. The second-order valence-corrected chi connectivity index (χ2v) is 3.73. The third-order valence-electron chi connectivity index (χ3n) is 2.57. The summed E-state index contributed by atoms with van der Waals surface area (Å²) in [6, 6.07) is 13.7. The van der Waals surface area contributed by atoms with Crippen molar-refractivity contribution >= 4 is 27.8 Å². The zero-order valence-electron chi connectivity index (χ0n) is 8.62. The van der Waals surface area contributed by atoms with Gasteiger partial charge in [0.05, 0.1) is 22.1 Å². The van der Waals surface area contributed by atoms with E-state index in [1.54, 1.807) is 0 Å². The van der Waals surface area contributed by atoms with Gasteiger partial charge in [-0.15, -0.1) is 0 Å². The van der Waals surface area contributed by atoms with Gasteiger partial charge < -0.3 is 10.7 Å². The lowest BCUT2D eigenvalue weighted by Crippen LogP contribution is -1.84. The number of aromatic nitrogens is 3. The molecule has 3 aromatic rings. The van der Waals surface area contributed by atoms with Gasteiger partial charge in [0.15, 0.2) is 0 Å². The third kappa shape index (κ3) is 1.40. The monoisotopic (exact) mass is 212 g/mol. The molecule has 3 rings (SSSR count). The lowest BCUT2D eigenvalue weighted by atomic mass is 10.3. The number of hydrogen-bond acceptors (Lipinski definition) is 1. The van der Waals surface area contributed by atoms with Crippen LogP contribution in [0.1, 0.15) is 0 Å². The lowest BCUT2D eigenvalue weighted by molar-refractivity contribution is 1.13. The summed E-state index contributed by atoms with van der Waals surface area (Å²) in [6.45, 7) is 0. The van der Waals surface area contributed by atoms with E-state index in [0.29, 0.717) is 0 Å². The van der Waals surface area contributed by atoms with E-state index in [-0.39, 0.29) is 0 Å². The minimum absolute atomic E-state index is 0.737. The number of fused-ring (bicyclic) bond motifs is 2. The zero-order chi connectivity index (χ0) is 11.0. The van der Waals surface area contributed by atoms with Gasteiger partial charge in [-0.25, -0.2) is 0 Å². The molecule has 0 aliphatic heterocycles. The Hall–Kier alpha value is -2.36. The fourth-order valence-corrected chi connectivity index (χ4v) is 1.76. The molecule has 0 spiro atoms. The summed E-state index contributed by atoms with van der Waals surface area (Å²) in [4.78, 5) is 3.35. The number of rotatable bonds is 0. The summed E-state index contributed by atoms with van der Waals surface area (Å²) >= 11 is 0. The first kappa shape index (κ1) is 8.91. The van der Waals surface area contributed by atoms with Crippen LogP contribution in [0.2, 0.25) is 0 Å². The summed E-state index contributed by atoms with van der Waals surface area (Å²) in [6.07, 6.45) is 0. The van der Waals surface area contributed by atoms with E-state index in [1.165, 1.54) is 0 Å². The van der Waals surface area contributed by atoms with Crippen molar-refractivity contribution in [3.8, 4) is 0 Å². The molecule has 0 saturated carbocycles. The summed E-state index contributed by atoms with van der Waals surface area (Å²) < 4.78 is 0. The van der Waals surface area contributed by atoms with Gasteiger partial charge in [-0.05, 0) is 30.3 Å². The predicted molar refractivity (Wildman–Crippen MR) is 66.5 cm³/mol. The SMILES string of the molecule is Nc1ccc2[nH]c3ccccc3[nH][nH]c2c1. The highest BCUT2D eigenvalue weighted by Gasteiger charge is 1.95. The van der Waals surface area contributed by atoms with E-state index >= 15 is 0 Å². The van der Waals surface area contributed by atoms with E-state index in [0.717, 1.165) is 27.8 Å². The largest absolute Gasteiger partial charge is 0.399 e. The van der Waals surface area contributed by atoms with Crippen LogP contribution < -0.4 is 5.73 Å². The molecule has 1 aromatic heterocycles. The third-order valence-corrected chi connectivity index (χ3v) is 2.57. The van der Waals surface area contributed by atoms with E-state index in [2.05, 4.69) is 15.2 Å². The van der Waals surface area contributed by atoms with Gasteiger partial charge in [-0.1, -0.05) is 12.1 Å². The summed E-state index contributed by atoms with van der Waals surface area (Å²) in [5, 5.41) is 6.27. The number of nitrogens with one attached hydrogen (secondary N) is 3. The van der Waals surface area contributed by atoms with Crippen LogP contribution in [0.3, 0.4) is 0 Å². The number of benzene rings is 2. The van der Waals surface area contributed by atoms with Crippen LogP contribution in [0.15, 0.2) is 42.5 Å². The minimum Gasteiger partial charge on any atom is -0.399 e. The van der Waals surface area contributed by atoms with Gasteiger partial charge >= 0.3 is 0 Å². The van der Waals surface area contributed by atoms with Crippen LogP contribution in [0.5, 0.6) is 0 Å². The average molecular weight is 212 g/mol. The molecule has 0 radical (unpaired) electrons. The molecular weight excluding hydrogens is 200 g/mol. The first-order valence-corrected chi connectivity index (χ1v) is 5.10. The van der Waals surface area contributed by atoms with Gasteiger partial charge in [0.2, 0.25) is 0 Å². The van der Waals surface area contributed by atoms with Crippen molar-refractivity contribution in [2.45, 2.75) is 0 Å². The normalized spacial score (nSPS) is 10.8. The molecule has 0 saturated heterocycles. The Labute approximate surface area is 91.8 Å². The standard InChI is InChI=1S/C12H12N4/c13-8-5-6-10-12(7-8)16-15-11-4-2-1-3-9(11)14-10/h1-7,14-16H,13H2. The molecule has 0 aliphatic rings. The van der Waals surface area contributed by atoms with Crippen molar-refractivity contribution in [2.24, 2.45) is 0 Å². The first-order valence-electron chi connectivity index (χ1n) is 5.10. The number of H-pyrrole nitrogens is 3. The number of aromatic amines is 3. The van der Waals surface area contributed by atoms with Crippen LogP contribution >= 0.6 is 0 Å². The van der Waals surface area contributed by atoms with Crippen molar-refractivity contribution in [1.29, 1.82) is 0 Å². The maximum atomic E-state index is 5.74. The summed E-state index contributed by atoms with van der Waals surface area (Å²) in [7, 11) is 0. The number of hydrogen-bond donors (Lipinski definition) is 4. The molecule has 0 fully saturated rings. The molecule has 4 nitrogen and oxygen atoms in total. The highest BCUT2D eigenvalue weighted by atomic mass is 15.1. The molecule has 0 aliphatic carbocycles. The van der Waals surface area contributed by atoms with Gasteiger partial charge in [0.1, 0.15) is 0 Å². The van der Waals surface area contributed by atoms with Crippen LogP contribution in [-0.2, 0) is 0 Å². The molecule has 80 valence electrons. The second-order valence-electron chi connectivity index (χ2n) is 3.73. The molecular formula is C12H12N4. The molecule has 0 unspecified atom stereocenters. The topological polar surface area (TPSA) is 73.4 Å². The van der Waals surface area contributed by atoms with Crippen LogP contribution in [0.4, 0.5) is 5.69 Å². The Balaban J connectivity index is 2.50. The highest BCUT2D eigenvalue weighted by molar-refractivity contribution is 5.82. The maximum absolute atomic E-state index is 5.74. The predicted octanol–water partition coefficient (Wildman–Crippen LogP) is 2.68. The van der Waals surface area contributed by atoms with Crippen molar-refractivity contribution < 1.29 is 0 Å². The van der Waals surface area contributed by atoms with Crippen molar-refractivity contribution in [3.63, 3.8) is 0 Å². The van der Waals surface area contributed by atoms with Gasteiger partial charge in [-0.3, -0.25) is 10.2 Å². The molecule has 1 heterocycles. The highest BCUT2D eigenvalue weighted by Crippen LogP contribution is 2.14. The van der Waals surface area contributed by atoms with E-state index in [9.17, 15) is 0 Å². The van der Waals surface area contributed by atoms with E-state index < -0.39 is 0 Å². The Morgan fingerprint density at radius 1 is 0.750 bits per heavy atom. The van der Waals surface area contributed by atoms with Crippen molar-refractivity contribution in [1.82, 2.24) is 15.2 Å². The fourth-order valence-electron chi connectivity index (χ4n) is 1.76. The molecule has 5 N–H and O–H groups in total. The second kappa shape index (κ2) is 3.34. The minimum atomic E-state index is 0.737. The molecule has 2 aromatic carbocycles. The number of nitrogens with two attached hydrogens (primary N) is 1. The Morgan fingerprint density at radius 3 is 2.31 bits per heavy atom. The quantitative estimate of drug-likeness (QED) is 0.425. The average Bonchev–Trinajstić information content (AvgIpc) is 2.48. The Kier molecular flexibility index (Phi) is 1.86. The Morgan fingerprint density at radius 2 is 1.44 bits per heavy atom. The summed E-state index contributed by atoms with van der Waals surface area (Å²) in [5.41, 5.74) is 10.5. The Bertz CT molecular complexity index is 685. The van der Waals surface area contributed by atoms with Crippen LogP contribution in [0.25, 0.3) is 22.1 Å². The van der Waals surface area contributed by atoms with Gasteiger partial charge in [-0.2, -0.15) is 0 Å². The fraction of sp³-hybridized carbons (Fsp3) is 0. The molecule has 16 heavy (non-hydrogen) atoms. The van der Waals surface area contributed by atoms with Crippen LogP contribution in [0, 0.1) is 0 Å². The molecule has 0 atom stereocenters. The number of nitrogen functional groups attached to an aromatic ring is 1. The zero-order valence-corrected chi connectivity index (χ0v) is 8.62. The lowest BCUT2D eigenvalue weighted by Gasteiger charge is -1.94. The van der Waals surface area contributed by atoms with Crippen LogP contribution in [-0.4, -0.2) is 15.2 Å². The number of para-hydroxylation sites is 2. The van der Waals surface area contributed by atoms with E-state index in [1.807, 2.05) is 42.5 Å².